The fraction of sp³-hybridized carbons (Fsp3) is 0.500. The lowest BCUT2D eigenvalue weighted by Crippen LogP contribution is -2.43. The van der Waals surface area contributed by atoms with Crippen molar-refractivity contribution in [1.82, 2.24) is 15.5 Å². The average molecular weight is 362 g/mol. The number of rotatable bonds is 5. The molecule has 142 valence electrons. The van der Waals surface area contributed by atoms with Crippen LogP contribution in [0.15, 0.2) is 24.3 Å². The van der Waals surface area contributed by atoms with E-state index >= 15 is 0 Å². The maximum atomic E-state index is 12.0. The highest BCUT2D eigenvalue weighted by molar-refractivity contribution is 5.88. The predicted molar refractivity (Wildman–Crippen MR) is 97.9 cm³/mol. The van der Waals surface area contributed by atoms with Gasteiger partial charge in [0.15, 0.2) is 0 Å². The first kappa shape index (κ1) is 19.6. The number of benzene rings is 1. The number of urea groups is 2. The number of hydrogen-bond acceptors (Lipinski definition) is 3. The minimum absolute atomic E-state index is 0.0224. The third-order valence-corrected chi connectivity index (χ3v) is 4.48. The van der Waals surface area contributed by atoms with Crippen molar-refractivity contribution in [3.63, 3.8) is 0 Å². The Morgan fingerprint density at radius 1 is 1.08 bits per heavy atom. The molecule has 1 aromatic rings. The molecule has 1 aliphatic carbocycles. The van der Waals surface area contributed by atoms with Crippen molar-refractivity contribution in [2.45, 2.75) is 38.3 Å². The first-order valence-electron chi connectivity index (χ1n) is 8.69. The molecule has 1 aromatic carbocycles. The molecule has 0 unspecified atom stereocenters. The fourth-order valence-corrected chi connectivity index (χ4v) is 2.84. The van der Waals surface area contributed by atoms with Gasteiger partial charge in [-0.2, -0.15) is 0 Å². The molecule has 0 spiro atoms. The van der Waals surface area contributed by atoms with Gasteiger partial charge < -0.3 is 26.0 Å². The van der Waals surface area contributed by atoms with E-state index in [9.17, 15) is 14.4 Å². The highest BCUT2D eigenvalue weighted by Gasteiger charge is 2.26. The second-order valence-electron chi connectivity index (χ2n) is 6.74. The van der Waals surface area contributed by atoms with Crippen LogP contribution in [0.5, 0.6) is 0 Å². The van der Waals surface area contributed by atoms with E-state index in [1.165, 1.54) is 4.90 Å². The molecule has 1 fully saturated rings. The number of nitrogens with one attached hydrogen (secondary N) is 3. The zero-order valence-electron chi connectivity index (χ0n) is 15.1. The van der Waals surface area contributed by atoms with Gasteiger partial charge in [-0.15, -0.1) is 0 Å². The van der Waals surface area contributed by atoms with Gasteiger partial charge in [-0.05, 0) is 43.4 Å². The molecule has 8 nitrogen and oxygen atoms in total. The summed E-state index contributed by atoms with van der Waals surface area (Å²) in [5.74, 6) is -1.04. The first-order chi connectivity index (χ1) is 12.3. The van der Waals surface area contributed by atoms with E-state index in [2.05, 4.69) is 16.0 Å². The molecule has 2 rings (SSSR count). The third-order valence-electron chi connectivity index (χ3n) is 4.48. The molecule has 0 radical (unpaired) electrons. The molecule has 0 bridgehead atoms. The summed E-state index contributed by atoms with van der Waals surface area (Å²) in [6, 6.07) is 6.80. The van der Waals surface area contributed by atoms with Crippen molar-refractivity contribution >= 4 is 23.7 Å². The van der Waals surface area contributed by atoms with E-state index in [4.69, 9.17) is 5.11 Å². The molecule has 1 saturated carbocycles. The van der Waals surface area contributed by atoms with Crippen LogP contribution in [0.25, 0.3) is 0 Å². The number of anilines is 1. The maximum Gasteiger partial charge on any atom is 0.321 e. The van der Waals surface area contributed by atoms with E-state index in [0.29, 0.717) is 37.9 Å². The Balaban J connectivity index is 1.72. The van der Waals surface area contributed by atoms with Gasteiger partial charge in [0.05, 0.1) is 5.92 Å². The van der Waals surface area contributed by atoms with Crippen molar-refractivity contribution in [2.24, 2.45) is 5.92 Å². The lowest BCUT2D eigenvalue weighted by Gasteiger charge is -2.26. The Hall–Kier alpha value is -2.77. The number of amides is 4. The number of nitrogens with zero attached hydrogens (tertiary/aromatic N) is 1. The summed E-state index contributed by atoms with van der Waals surface area (Å²) < 4.78 is 0. The first-order valence-corrected chi connectivity index (χ1v) is 8.69. The van der Waals surface area contributed by atoms with Gasteiger partial charge in [0, 0.05) is 32.4 Å². The summed E-state index contributed by atoms with van der Waals surface area (Å²) in [5, 5.41) is 17.4. The minimum atomic E-state index is -0.752. The molecule has 8 heteroatoms. The minimum Gasteiger partial charge on any atom is -0.481 e. The van der Waals surface area contributed by atoms with Crippen LogP contribution in [0.2, 0.25) is 0 Å². The molecule has 4 amide bonds. The third kappa shape index (κ3) is 5.94. The van der Waals surface area contributed by atoms with Crippen molar-refractivity contribution in [3.05, 3.63) is 29.8 Å². The summed E-state index contributed by atoms with van der Waals surface area (Å²) in [5.41, 5.74) is 1.60. The number of carbonyl (C=O) groups excluding carboxylic acids is 2. The van der Waals surface area contributed by atoms with Crippen LogP contribution >= 0.6 is 0 Å². The average Bonchev–Trinajstić information content (AvgIpc) is 2.61. The van der Waals surface area contributed by atoms with Crippen LogP contribution in [0.3, 0.4) is 0 Å². The number of carboxylic acids is 1. The van der Waals surface area contributed by atoms with Gasteiger partial charge >= 0.3 is 18.0 Å². The summed E-state index contributed by atoms with van der Waals surface area (Å²) in [4.78, 5) is 35.9. The van der Waals surface area contributed by atoms with Crippen molar-refractivity contribution in [2.75, 3.05) is 19.4 Å². The second-order valence-corrected chi connectivity index (χ2v) is 6.74. The van der Waals surface area contributed by atoms with Crippen LogP contribution in [0, 0.1) is 5.92 Å². The predicted octanol–water partition coefficient (Wildman–Crippen LogP) is 2.22. The van der Waals surface area contributed by atoms with Crippen molar-refractivity contribution in [3.8, 4) is 0 Å². The highest BCUT2D eigenvalue weighted by Crippen LogP contribution is 2.24. The Morgan fingerprint density at radius 2 is 1.69 bits per heavy atom. The van der Waals surface area contributed by atoms with Crippen LogP contribution < -0.4 is 16.0 Å². The molecule has 1 aliphatic rings. The van der Waals surface area contributed by atoms with E-state index < -0.39 is 5.97 Å². The van der Waals surface area contributed by atoms with E-state index in [1.807, 2.05) is 12.1 Å². The zero-order valence-corrected chi connectivity index (χ0v) is 15.1. The van der Waals surface area contributed by atoms with Gasteiger partial charge in [0.2, 0.25) is 0 Å². The molecule has 0 aromatic heterocycles. The highest BCUT2D eigenvalue weighted by atomic mass is 16.4. The smallest absolute Gasteiger partial charge is 0.321 e. The van der Waals surface area contributed by atoms with Crippen LogP contribution in [0.4, 0.5) is 15.3 Å². The molecule has 0 aliphatic heterocycles. The summed E-state index contributed by atoms with van der Waals surface area (Å²) in [7, 11) is 3.33. The van der Waals surface area contributed by atoms with Crippen LogP contribution in [-0.2, 0) is 11.3 Å². The van der Waals surface area contributed by atoms with E-state index in [0.717, 1.165) is 5.56 Å². The van der Waals surface area contributed by atoms with Gasteiger partial charge in [-0.1, -0.05) is 12.1 Å². The number of carbonyl (C=O) groups is 3. The Kier molecular flexibility index (Phi) is 6.82. The SMILES string of the molecule is CN(C)C(=O)Nc1ccc(CNC(=O)NC2CCC(C(=O)O)CC2)cc1. The van der Waals surface area contributed by atoms with Crippen LogP contribution in [-0.4, -0.2) is 48.2 Å². The zero-order chi connectivity index (χ0) is 19.1. The van der Waals surface area contributed by atoms with Gasteiger partial charge in [0.1, 0.15) is 0 Å². The van der Waals surface area contributed by atoms with Gasteiger partial charge in [0.25, 0.3) is 0 Å². The summed E-state index contributed by atoms with van der Waals surface area (Å²) in [6.45, 7) is 0.373. The lowest BCUT2D eigenvalue weighted by molar-refractivity contribution is -0.142. The van der Waals surface area contributed by atoms with E-state index in [1.54, 1.807) is 26.2 Å². The standard InChI is InChI=1S/C18H26N4O4/c1-22(2)18(26)21-15-7-3-12(4-8-15)11-19-17(25)20-14-9-5-13(6-10-14)16(23)24/h3-4,7-8,13-14H,5-6,9-11H2,1-2H3,(H,21,26)(H,23,24)(H2,19,20,25). The van der Waals surface area contributed by atoms with Crippen molar-refractivity contribution < 1.29 is 19.5 Å². The molecular weight excluding hydrogens is 336 g/mol. The number of carboxylic acid groups (broad SMARTS) is 1. The number of aliphatic carboxylic acids is 1. The molecule has 4 N–H and O–H groups in total. The molecule has 0 atom stereocenters. The lowest BCUT2D eigenvalue weighted by atomic mass is 9.86. The maximum absolute atomic E-state index is 12.0. The Labute approximate surface area is 152 Å². The summed E-state index contributed by atoms with van der Waals surface area (Å²) in [6.07, 6.45) is 2.57. The Morgan fingerprint density at radius 3 is 2.23 bits per heavy atom. The summed E-state index contributed by atoms with van der Waals surface area (Å²) >= 11 is 0. The van der Waals surface area contributed by atoms with E-state index in [-0.39, 0.29) is 24.0 Å². The quantitative estimate of drug-likeness (QED) is 0.643. The molecular formula is C18H26N4O4. The largest absolute Gasteiger partial charge is 0.481 e. The second kappa shape index (κ2) is 9.07. The van der Waals surface area contributed by atoms with Gasteiger partial charge in [-0.25, -0.2) is 9.59 Å². The molecule has 26 heavy (non-hydrogen) atoms. The van der Waals surface area contributed by atoms with Gasteiger partial charge in [-0.3, -0.25) is 4.79 Å². The fourth-order valence-electron chi connectivity index (χ4n) is 2.84. The Bertz CT molecular complexity index is 637. The molecule has 0 heterocycles. The van der Waals surface area contributed by atoms with Crippen LogP contribution in [0.1, 0.15) is 31.2 Å². The monoisotopic (exact) mass is 362 g/mol. The van der Waals surface area contributed by atoms with Crippen molar-refractivity contribution in [1.29, 1.82) is 0 Å². The topological polar surface area (TPSA) is 111 Å². The molecule has 0 saturated heterocycles. The normalized spacial score (nSPS) is 19.3. The number of hydrogen-bond donors (Lipinski definition) is 4.